The van der Waals surface area contributed by atoms with E-state index in [1.807, 2.05) is 18.2 Å². The molecule has 0 atom stereocenters. The largest absolute Gasteiger partial charge is 0.347 e. The summed E-state index contributed by atoms with van der Waals surface area (Å²) in [6, 6.07) is 9.42. The second-order valence-corrected chi connectivity index (χ2v) is 7.48. The minimum absolute atomic E-state index is 0.0113. The van der Waals surface area contributed by atoms with E-state index >= 15 is 0 Å². The van der Waals surface area contributed by atoms with Crippen LogP contribution >= 0.6 is 11.3 Å². The van der Waals surface area contributed by atoms with Crippen LogP contribution in [0.5, 0.6) is 0 Å². The smallest absolute Gasteiger partial charge is 0.261 e. The van der Waals surface area contributed by atoms with Crippen LogP contribution in [0.3, 0.4) is 0 Å². The summed E-state index contributed by atoms with van der Waals surface area (Å²) in [6.45, 7) is 0.470. The van der Waals surface area contributed by atoms with Crippen LogP contribution in [-0.4, -0.2) is 30.8 Å². The predicted octanol–water partition coefficient (Wildman–Crippen LogP) is 3.26. The average Bonchev–Trinajstić information content (AvgIpc) is 3.03. The first-order valence-electron chi connectivity index (χ1n) is 8.25. The summed E-state index contributed by atoms with van der Waals surface area (Å²) in [6.07, 6.45) is 4.66. The molecule has 24 heavy (non-hydrogen) atoms. The monoisotopic (exact) mass is 342 g/mol. The molecule has 1 aliphatic carbocycles. The number of fused-ring (bicyclic) bond motifs is 1. The van der Waals surface area contributed by atoms with Crippen molar-refractivity contribution in [3.05, 3.63) is 56.8 Å². The zero-order chi connectivity index (χ0) is 17.1. The number of thiophene rings is 1. The minimum Gasteiger partial charge on any atom is -0.347 e. The Balaban J connectivity index is 1.60. The lowest BCUT2D eigenvalue weighted by molar-refractivity contribution is 0.0827. The molecular formula is C19H22N2O2S. The van der Waals surface area contributed by atoms with Crippen molar-refractivity contribution in [1.82, 2.24) is 10.2 Å². The van der Waals surface area contributed by atoms with Gasteiger partial charge in [-0.15, -0.1) is 11.3 Å². The average molecular weight is 342 g/mol. The van der Waals surface area contributed by atoms with Gasteiger partial charge in [0.2, 0.25) is 0 Å². The van der Waals surface area contributed by atoms with Gasteiger partial charge in [0.1, 0.15) is 0 Å². The number of hydrogen-bond acceptors (Lipinski definition) is 3. The van der Waals surface area contributed by atoms with E-state index in [9.17, 15) is 9.59 Å². The Morgan fingerprint density at radius 1 is 1.12 bits per heavy atom. The molecule has 3 rings (SSSR count). The predicted molar refractivity (Wildman–Crippen MR) is 96.6 cm³/mol. The third-order valence-electron chi connectivity index (χ3n) is 4.28. The highest BCUT2D eigenvalue weighted by molar-refractivity contribution is 7.14. The van der Waals surface area contributed by atoms with Crippen molar-refractivity contribution < 1.29 is 9.59 Å². The Hall–Kier alpha value is -2.14. The number of benzene rings is 1. The molecule has 4 nitrogen and oxygen atoms in total. The quantitative estimate of drug-likeness (QED) is 0.927. The van der Waals surface area contributed by atoms with Crippen LogP contribution < -0.4 is 5.32 Å². The summed E-state index contributed by atoms with van der Waals surface area (Å²) in [5.74, 6) is -0.0300. The van der Waals surface area contributed by atoms with Crippen molar-refractivity contribution in [2.75, 3.05) is 14.1 Å². The lowest BCUT2D eigenvalue weighted by atomic mass is 9.99. The van der Waals surface area contributed by atoms with Crippen LogP contribution in [0.4, 0.5) is 0 Å². The Kier molecular flexibility index (Phi) is 5.00. The van der Waals surface area contributed by atoms with Gasteiger partial charge in [-0.25, -0.2) is 0 Å². The third kappa shape index (κ3) is 3.67. The van der Waals surface area contributed by atoms with E-state index in [1.54, 1.807) is 42.5 Å². The molecule has 2 aromatic rings. The molecule has 0 unspecified atom stereocenters. The maximum absolute atomic E-state index is 12.3. The highest BCUT2D eigenvalue weighted by Gasteiger charge is 2.17. The number of amides is 2. The van der Waals surface area contributed by atoms with Gasteiger partial charge in [0.15, 0.2) is 0 Å². The topological polar surface area (TPSA) is 49.4 Å². The van der Waals surface area contributed by atoms with Crippen molar-refractivity contribution in [2.45, 2.75) is 32.2 Å². The van der Waals surface area contributed by atoms with E-state index in [0.717, 1.165) is 23.3 Å². The summed E-state index contributed by atoms with van der Waals surface area (Å²) in [5, 5.41) is 2.97. The summed E-state index contributed by atoms with van der Waals surface area (Å²) in [5.41, 5.74) is 2.99. The molecule has 1 N–H and O–H groups in total. The van der Waals surface area contributed by atoms with Crippen LogP contribution in [0, 0.1) is 0 Å². The van der Waals surface area contributed by atoms with Crippen LogP contribution in [0.15, 0.2) is 30.3 Å². The first-order valence-corrected chi connectivity index (χ1v) is 9.06. The molecule has 0 saturated heterocycles. The van der Waals surface area contributed by atoms with Gasteiger partial charge in [0.05, 0.1) is 4.88 Å². The minimum atomic E-state index is -0.0187. The van der Waals surface area contributed by atoms with Crippen LogP contribution in [0.1, 0.15) is 48.9 Å². The van der Waals surface area contributed by atoms with Gasteiger partial charge in [-0.2, -0.15) is 0 Å². The number of aryl methyl sites for hydroxylation is 2. The fourth-order valence-electron chi connectivity index (χ4n) is 2.90. The van der Waals surface area contributed by atoms with Gasteiger partial charge in [0, 0.05) is 31.1 Å². The summed E-state index contributed by atoms with van der Waals surface area (Å²) in [4.78, 5) is 27.9. The number of nitrogens with one attached hydrogen (secondary N) is 1. The van der Waals surface area contributed by atoms with E-state index in [1.165, 1.54) is 23.3 Å². The molecule has 126 valence electrons. The number of hydrogen-bond donors (Lipinski definition) is 1. The molecule has 0 fully saturated rings. The SMILES string of the molecule is CN(C)C(=O)c1ccc(CNC(=O)c2cc3c(s2)CCCC3)cc1. The molecule has 0 aliphatic heterocycles. The maximum atomic E-state index is 12.3. The number of carbonyl (C=O) groups excluding carboxylic acids is 2. The summed E-state index contributed by atoms with van der Waals surface area (Å²) >= 11 is 1.63. The van der Waals surface area contributed by atoms with Crippen molar-refractivity contribution in [3.63, 3.8) is 0 Å². The Morgan fingerprint density at radius 2 is 1.83 bits per heavy atom. The Labute approximate surface area is 146 Å². The Bertz CT molecular complexity index is 724. The molecule has 0 radical (unpaired) electrons. The van der Waals surface area contributed by atoms with Crippen molar-refractivity contribution in [3.8, 4) is 0 Å². The normalized spacial score (nSPS) is 13.2. The van der Waals surface area contributed by atoms with Gasteiger partial charge < -0.3 is 10.2 Å². The molecule has 1 aliphatic rings. The van der Waals surface area contributed by atoms with E-state index in [4.69, 9.17) is 0 Å². The fourth-order valence-corrected chi connectivity index (χ4v) is 4.07. The first kappa shape index (κ1) is 16.7. The molecule has 1 aromatic carbocycles. The van der Waals surface area contributed by atoms with Crippen LogP contribution in [-0.2, 0) is 19.4 Å². The van der Waals surface area contributed by atoms with Crippen molar-refractivity contribution in [2.24, 2.45) is 0 Å². The van der Waals surface area contributed by atoms with Gasteiger partial charge in [-0.05, 0) is 55.0 Å². The number of rotatable bonds is 4. The highest BCUT2D eigenvalue weighted by atomic mass is 32.1. The number of nitrogens with zero attached hydrogens (tertiary/aromatic N) is 1. The number of carbonyl (C=O) groups is 2. The van der Waals surface area contributed by atoms with E-state index in [0.29, 0.717) is 12.1 Å². The Morgan fingerprint density at radius 3 is 2.50 bits per heavy atom. The van der Waals surface area contributed by atoms with E-state index in [-0.39, 0.29) is 11.8 Å². The highest BCUT2D eigenvalue weighted by Crippen LogP contribution is 2.29. The van der Waals surface area contributed by atoms with Crippen molar-refractivity contribution in [1.29, 1.82) is 0 Å². The second-order valence-electron chi connectivity index (χ2n) is 6.35. The van der Waals surface area contributed by atoms with Gasteiger partial charge >= 0.3 is 0 Å². The van der Waals surface area contributed by atoms with Crippen LogP contribution in [0.25, 0.3) is 0 Å². The van der Waals surface area contributed by atoms with Crippen molar-refractivity contribution >= 4 is 23.2 Å². The van der Waals surface area contributed by atoms with Crippen LogP contribution in [0.2, 0.25) is 0 Å². The molecule has 0 spiro atoms. The van der Waals surface area contributed by atoms with Gasteiger partial charge in [-0.3, -0.25) is 9.59 Å². The zero-order valence-electron chi connectivity index (χ0n) is 14.1. The first-order chi connectivity index (χ1) is 11.5. The van der Waals surface area contributed by atoms with Gasteiger partial charge in [-0.1, -0.05) is 12.1 Å². The molecule has 0 bridgehead atoms. The zero-order valence-corrected chi connectivity index (χ0v) is 14.9. The molecule has 0 saturated carbocycles. The molecule has 1 aromatic heterocycles. The molecule has 1 heterocycles. The lowest BCUT2D eigenvalue weighted by Crippen LogP contribution is -2.23. The maximum Gasteiger partial charge on any atom is 0.261 e. The molecular weight excluding hydrogens is 320 g/mol. The standard InChI is InChI=1S/C19H22N2O2S/c1-21(2)19(23)14-9-7-13(8-10-14)12-20-18(22)17-11-15-5-3-4-6-16(15)24-17/h7-11H,3-6,12H2,1-2H3,(H,20,22). The summed E-state index contributed by atoms with van der Waals surface area (Å²) < 4.78 is 0. The van der Waals surface area contributed by atoms with E-state index < -0.39 is 0 Å². The second kappa shape index (κ2) is 7.18. The summed E-state index contributed by atoms with van der Waals surface area (Å²) in [7, 11) is 3.47. The third-order valence-corrected chi connectivity index (χ3v) is 5.52. The lowest BCUT2D eigenvalue weighted by Gasteiger charge is -2.10. The van der Waals surface area contributed by atoms with E-state index in [2.05, 4.69) is 5.32 Å². The van der Waals surface area contributed by atoms with Gasteiger partial charge in [0.25, 0.3) is 11.8 Å². The molecule has 2 amide bonds. The molecule has 5 heteroatoms. The fraction of sp³-hybridized carbons (Fsp3) is 0.368.